The number of nitrogens with one attached hydrogen (secondary N) is 2. The van der Waals surface area contributed by atoms with Crippen LogP contribution in [-0.2, 0) is 24.3 Å². The molecule has 32 heavy (non-hydrogen) atoms. The molecule has 9 heteroatoms. The van der Waals surface area contributed by atoms with E-state index in [1.54, 1.807) is 16.7 Å². The van der Waals surface area contributed by atoms with Crippen molar-refractivity contribution in [3.63, 3.8) is 0 Å². The van der Waals surface area contributed by atoms with Gasteiger partial charge in [-0.3, -0.25) is 19.1 Å². The molecule has 2 aromatic heterocycles. The highest BCUT2D eigenvalue weighted by Crippen LogP contribution is 2.18. The van der Waals surface area contributed by atoms with Crippen molar-refractivity contribution >= 4 is 22.8 Å². The number of H-pyrrole nitrogens is 1. The molecule has 3 aromatic rings. The molecule has 1 aromatic carbocycles. The first-order valence-corrected chi connectivity index (χ1v) is 11.0. The number of fused-ring (bicyclic) bond motifs is 1. The first kappa shape index (κ1) is 23.4. The van der Waals surface area contributed by atoms with E-state index in [2.05, 4.69) is 15.3 Å². The molecule has 0 spiro atoms. The number of aromatic nitrogens is 4. The fourth-order valence-corrected chi connectivity index (χ4v) is 3.67. The van der Waals surface area contributed by atoms with Gasteiger partial charge in [-0.1, -0.05) is 33.3 Å². The van der Waals surface area contributed by atoms with Crippen LogP contribution < -0.4 is 16.6 Å². The topological polar surface area (TPSA) is 102 Å². The molecule has 0 radical (unpaired) electrons. The molecule has 0 saturated heterocycles. The normalized spacial score (nSPS) is 11.4. The van der Waals surface area contributed by atoms with Crippen molar-refractivity contribution in [3.05, 3.63) is 56.2 Å². The molecule has 0 fully saturated rings. The highest BCUT2D eigenvalue weighted by atomic mass is 19.1. The second kappa shape index (κ2) is 9.93. The average Bonchev–Trinajstić information content (AvgIpc) is 3.07. The zero-order valence-corrected chi connectivity index (χ0v) is 19.0. The lowest BCUT2D eigenvalue weighted by Crippen LogP contribution is -2.31. The van der Waals surface area contributed by atoms with Crippen LogP contribution in [0.5, 0.6) is 0 Å². The number of carbonyl (C=O) groups excluding carboxylic acids is 1. The summed E-state index contributed by atoms with van der Waals surface area (Å²) in [4.78, 5) is 44.5. The largest absolute Gasteiger partial charge is 0.330 e. The second-order valence-electron chi connectivity index (χ2n) is 8.50. The third-order valence-corrected chi connectivity index (χ3v) is 5.22. The minimum Gasteiger partial charge on any atom is -0.324 e. The van der Waals surface area contributed by atoms with Gasteiger partial charge in [0.1, 0.15) is 11.6 Å². The number of hydrogen-bond acceptors (Lipinski definition) is 4. The Morgan fingerprint density at radius 2 is 2.00 bits per heavy atom. The fraction of sp³-hybridized carbons (Fsp3) is 0.478. The van der Waals surface area contributed by atoms with Crippen LogP contribution in [0.2, 0.25) is 0 Å². The molecular formula is C23H30FN5O3. The molecule has 2 N–H and O–H groups in total. The number of imidazole rings is 1. The summed E-state index contributed by atoms with van der Waals surface area (Å²) in [6, 6.07) is 4.52. The molecule has 0 bridgehead atoms. The number of nitrogens with zero attached hydrogens (tertiary/aromatic N) is 3. The summed E-state index contributed by atoms with van der Waals surface area (Å²) in [5.41, 5.74) is 0.690. The third kappa shape index (κ3) is 5.15. The lowest BCUT2D eigenvalue weighted by atomic mass is 10.2. The van der Waals surface area contributed by atoms with Crippen LogP contribution in [0.1, 0.15) is 51.4 Å². The molecule has 0 unspecified atom stereocenters. The summed E-state index contributed by atoms with van der Waals surface area (Å²) < 4.78 is 17.2. The number of unbranched alkanes of at least 4 members (excludes halogenated alkanes) is 1. The molecule has 0 aliphatic carbocycles. The zero-order chi connectivity index (χ0) is 23.4. The zero-order valence-electron chi connectivity index (χ0n) is 19.0. The molecule has 172 valence electrons. The Morgan fingerprint density at radius 3 is 2.69 bits per heavy atom. The van der Waals surface area contributed by atoms with Gasteiger partial charge in [-0.25, -0.2) is 14.2 Å². The Kier molecular flexibility index (Phi) is 7.27. The summed E-state index contributed by atoms with van der Waals surface area (Å²) in [5.74, 6) is -0.0795. The molecule has 0 aliphatic rings. The van der Waals surface area contributed by atoms with Gasteiger partial charge in [-0.05, 0) is 37.0 Å². The standard InChI is InChI=1S/C23H30FN5O3/c1-5-6-11-28-21-20(22(31)27-23(28)32)29(13-14(2)3)18(26-21)9-10-19(30)25-17-12-15(4)7-8-16(17)24/h7-8,12,14H,5-6,9-11,13H2,1-4H3,(H,25,30)(H,27,31,32). The quantitative estimate of drug-likeness (QED) is 0.529. The van der Waals surface area contributed by atoms with Crippen molar-refractivity contribution in [1.82, 2.24) is 19.1 Å². The van der Waals surface area contributed by atoms with Crippen LogP contribution in [0.3, 0.4) is 0 Å². The Labute approximate surface area is 185 Å². The van der Waals surface area contributed by atoms with E-state index in [0.717, 1.165) is 18.4 Å². The molecular weight excluding hydrogens is 413 g/mol. The van der Waals surface area contributed by atoms with E-state index in [0.29, 0.717) is 30.1 Å². The highest BCUT2D eigenvalue weighted by molar-refractivity contribution is 5.91. The van der Waals surface area contributed by atoms with Gasteiger partial charge < -0.3 is 9.88 Å². The van der Waals surface area contributed by atoms with Gasteiger partial charge >= 0.3 is 5.69 Å². The molecule has 8 nitrogen and oxygen atoms in total. The van der Waals surface area contributed by atoms with Gasteiger partial charge in [-0.15, -0.1) is 0 Å². The highest BCUT2D eigenvalue weighted by Gasteiger charge is 2.20. The number of hydrogen-bond donors (Lipinski definition) is 2. The molecule has 0 aliphatic heterocycles. The van der Waals surface area contributed by atoms with E-state index in [1.165, 1.54) is 10.6 Å². The maximum atomic E-state index is 14.0. The number of anilines is 1. The van der Waals surface area contributed by atoms with Crippen LogP contribution in [-0.4, -0.2) is 25.0 Å². The summed E-state index contributed by atoms with van der Waals surface area (Å²) in [6.07, 6.45) is 1.98. The van der Waals surface area contributed by atoms with Gasteiger partial charge in [0.05, 0.1) is 5.69 Å². The van der Waals surface area contributed by atoms with E-state index in [-0.39, 0.29) is 30.4 Å². The number of halogens is 1. The second-order valence-corrected chi connectivity index (χ2v) is 8.50. The van der Waals surface area contributed by atoms with Gasteiger partial charge in [0.25, 0.3) is 5.56 Å². The van der Waals surface area contributed by atoms with Gasteiger partial charge in [-0.2, -0.15) is 0 Å². The van der Waals surface area contributed by atoms with Crippen molar-refractivity contribution in [2.24, 2.45) is 5.92 Å². The van der Waals surface area contributed by atoms with Crippen molar-refractivity contribution in [3.8, 4) is 0 Å². The number of aromatic amines is 1. The van der Waals surface area contributed by atoms with Crippen molar-refractivity contribution in [2.75, 3.05) is 5.32 Å². The van der Waals surface area contributed by atoms with Gasteiger partial charge in [0, 0.05) is 25.9 Å². The molecule has 1 amide bonds. The fourth-order valence-electron chi connectivity index (χ4n) is 3.67. The number of carbonyl (C=O) groups is 1. The Hall–Kier alpha value is -3.23. The maximum Gasteiger partial charge on any atom is 0.330 e. The Balaban J connectivity index is 1.93. The third-order valence-electron chi connectivity index (χ3n) is 5.22. The minimum atomic E-state index is -0.498. The number of amides is 1. The molecule has 0 saturated carbocycles. The minimum absolute atomic E-state index is 0.0614. The van der Waals surface area contributed by atoms with Crippen LogP contribution in [0.25, 0.3) is 11.2 Å². The van der Waals surface area contributed by atoms with Crippen LogP contribution in [0.15, 0.2) is 27.8 Å². The average molecular weight is 444 g/mol. The summed E-state index contributed by atoms with van der Waals surface area (Å²) >= 11 is 0. The molecule has 2 heterocycles. The van der Waals surface area contributed by atoms with Crippen LogP contribution in [0.4, 0.5) is 10.1 Å². The van der Waals surface area contributed by atoms with E-state index >= 15 is 0 Å². The van der Waals surface area contributed by atoms with Gasteiger partial charge in [0.15, 0.2) is 11.2 Å². The Bertz CT molecular complexity index is 1240. The van der Waals surface area contributed by atoms with Crippen molar-refractivity contribution in [1.29, 1.82) is 0 Å². The van der Waals surface area contributed by atoms with Crippen molar-refractivity contribution in [2.45, 2.75) is 66.5 Å². The smallest absolute Gasteiger partial charge is 0.324 e. The predicted octanol–water partition coefficient (Wildman–Crippen LogP) is 3.36. The summed E-state index contributed by atoms with van der Waals surface area (Å²) in [5, 5.41) is 2.60. The van der Waals surface area contributed by atoms with Gasteiger partial charge in [0.2, 0.25) is 5.91 Å². The van der Waals surface area contributed by atoms with E-state index in [4.69, 9.17) is 0 Å². The van der Waals surface area contributed by atoms with Crippen molar-refractivity contribution < 1.29 is 9.18 Å². The Morgan fingerprint density at radius 1 is 1.25 bits per heavy atom. The first-order valence-electron chi connectivity index (χ1n) is 11.0. The molecule has 0 atom stereocenters. The molecule has 3 rings (SSSR count). The first-order chi connectivity index (χ1) is 15.2. The monoisotopic (exact) mass is 443 g/mol. The van der Waals surface area contributed by atoms with E-state index in [1.807, 2.05) is 27.7 Å². The summed E-state index contributed by atoms with van der Waals surface area (Å²) in [7, 11) is 0. The maximum absolute atomic E-state index is 14.0. The number of aryl methyl sites for hydroxylation is 3. The summed E-state index contributed by atoms with van der Waals surface area (Å²) in [6.45, 7) is 8.85. The number of benzene rings is 1. The SMILES string of the molecule is CCCCn1c(=O)[nH]c(=O)c2c1nc(CCC(=O)Nc1cc(C)ccc1F)n2CC(C)C. The van der Waals surface area contributed by atoms with Crippen LogP contribution >= 0.6 is 0 Å². The van der Waals surface area contributed by atoms with E-state index < -0.39 is 17.1 Å². The van der Waals surface area contributed by atoms with E-state index in [9.17, 15) is 18.8 Å². The number of rotatable bonds is 9. The van der Waals surface area contributed by atoms with Crippen LogP contribution in [0, 0.1) is 18.7 Å². The lowest BCUT2D eigenvalue weighted by Gasteiger charge is -2.12. The predicted molar refractivity (Wildman–Crippen MR) is 122 cm³/mol. The lowest BCUT2D eigenvalue weighted by molar-refractivity contribution is -0.116.